The molecule has 0 saturated carbocycles. The zero-order chi connectivity index (χ0) is 51.3. The second-order valence-corrected chi connectivity index (χ2v) is 17.8. The zero-order valence-electron chi connectivity index (χ0n) is 40.6. The Hall–Kier alpha value is -7.36. The molecule has 0 saturated heterocycles. The van der Waals surface area contributed by atoms with Crippen molar-refractivity contribution in [2.75, 3.05) is 50.2 Å². The van der Waals surface area contributed by atoms with Crippen LogP contribution >= 0.6 is 23.2 Å². The van der Waals surface area contributed by atoms with E-state index < -0.39 is 34.9 Å². The lowest BCUT2D eigenvalue weighted by atomic mass is 9.98. The Morgan fingerprint density at radius 1 is 0.611 bits per heavy atom. The van der Waals surface area contributed by atoms with E-state index in [2.05, 4.69) is 19.9 Å². The number of halogens is 6. The van der Waals surface area contributed by atoms with Gasteiger partial charge >= 0.3 is 6.18 Å². The molecule has 0 fully saturated rings. The number of benzene rings is 5. The predicted molar refractivity (Wildman–Crippen MR) is 275 cm³/mol. The second kappa shape index (κ2) is 22.0. The molecule has 8 aromatic rings. The molecule has 372 valence electrons. The summed E-state index contributed by atoms with van der Waals surface area (Å²) in [4.78, 5) is 24.1. The predicted octanol–water partition coefficient (Wildman–Crippen LogP) is 13.5. The average Bonchev–Trinajstić information content (AvgIpc) is 3.38. The third-order valence-corrected chi connectivity index (χ3v) is 13.0. The molecule has 0 aliphatic carbocycles. The minimum Gasteiger partial charge on any atom is -0.497 e. The summed E-state index contributed by atoms with van der Waals surface area (Å²) in [6.45, 7) is 4.63. The van der Waals surface area contributed by atoms with E-state index >= 15 is 17.6 Å². The first kappa shape index (κ1) is 51.0. The smallest absolute Gasteiger partial charge is 0.418 e. The van der Waals surface area contributed by atoms with E-state index in [-0.39, 0.29) is 51.5 Å². The summed E-state index contributed by atoms with van der Waals surface area (Å²) in [7, 11) is 8.10. The monoisotopic (exact) mass is 1020 g/mol. The van der Waals surface area contributed by atoms with Crippen molar-refractivity contribution in [2.45, 2.75) is 52.2 Å². The van der Waals surface area contributed by atoms with Gasteiger partial charge in [0, 0.05) is 50.4 Å². The van der Waals surface area contributed by atoms with Crippen LogP contribution in [0, 0.1) is 12.7 Å². The van der Waals surface area contributed by atoms with Crippen LogP contribution < -0.4 is 33.6 Å². The van der Waals surface area contributed by atoms with Gasteiger partial charge in [0.25, 0.3) is 0 Å². The number of rotatable bonds is 18. The summed E-state index contributed by atoms with van der Waals surface area (Å²) in [5.41, 5.74) is 1.44. The Morgan fingerprint density at radius 2 is 1.07 bits per heavy atom. The van der Waals surface area contributed by atoms with Crippen molar-refractivity contribution < 1.29 is 36.5 Å². The number of anilines is 3. The molecule has 5 aromatic carbocycles. The first-order chi connectivity index (χ1) is 34.6. The van der Waals surface area contributed by atoms with E-state index in [1.165, 1.54) is 19.1 Å². The fraction of sp³-hybridized carbons (Fsp3) is 0.236. The van der Waals surface area contributed by atoms with Crippen molar-refractivity contribution >= 4 is 51.6 Å². The van der Waals surface area contributed by atoms with Crippen LogP contribution in [0.5, 0.6) is 23.0 Å². The minimum atomic E-state index is -4.97. The van der Waals surface area contributed by atoms with Crippen LogP contribution in [-0.2, 0) is 32.4 Å². The SMILES string of the molecule is COc1ccc(CN(Cc2ccc(OC)cc2)c2cc(C)c(C(F)(F)F)c(-c3c(Cl)cc4c(N(C)C(C)c5cccnc5N(Cc5ccc(OC)cc5)Cc5ccc(OC)cc5)nc(Cl)nc4c3F)n2)cc1. The average molecular weight is 1020 g/mol. The summed E-state index contributed by atoms with van der Waals surface area (Å²) in [6.07, 6.45) is -3.25. The summed E-state index contributed by atoms with van der Waals surface area (Å²) < 4.78 is 85.0. The zero-order valence-corrected chi connectivity index (χ0v) is 42.1. The van der Waals surface area contributed by atoms with E-state index in [9.17, 15) is 0 Å². The van der Waals surface area contributed by atoms with Crippen molar-refractivity contribution in [2.24, 2.45) is 0 Å². The number of nitrogens with zero attached hydrogens (tertiary/aromatic N) is 7. The molecule has 11 nitrogen and oxygen atoms in total. The number of methoxy groups -OCH3 is 4. The van der Waals surface area contributed by atoms with Gasteiger partial charge in [-0.1, -0.05) is 66.2 Å². The van der Waals surface area contributed by atoms with Crippen LogP contribution in [0.3, 0.4) is 0 Å². The maximum Gasteiger partial charge on any atom is 0.418 e. The molecule has 0 radical (unpaired) electrons. The van der Waals surface area contributed by atoms with E-state index in [0.717, 1.165) is 39.3 Å². The molecule has 1 unspecified atom stereocenters. The molecular weight excluding hydrogens is 970 g/mol. The van der Waals surface area contributed by atoms with Gasteiger partial charge in [-0.2, -0.15) is 18.2 Å². The Labute approximate surface area is 425 Å². The Morgan fingerprint density at radius 3 is 1.51 bits per heavy atom. The highest BCUT2D eigenvalue weighted by Crippen LogP contribution is 2.46. The molecule has 17 heteroatoms. The number of aromatic nitrogens is 4. The van der Waals surface area contributed by atoms with Gasteiger partial charge in [0.15, 0.2) is 5.82 Å². The molecule has 0 amide bonds. The quantitative estimate of drug-likeness (QED) is 0.0607. The lowest BCUT2D eigenvalue weighted by molar-refractivity contribution is -0.137. The number of alkyl halides is 3. The molecule has 0 aliphatic heterocycles. The van der Waals surface area contributed by atoms with Gasteiger partial charge in [-0.05, 0) is 120 Å². The molecule has 0 N–H and O–H groups in total. The van der Waals surface area contributed by atoms with E-state index in [1.807, 2.05) is 96.8 Å². The Kier molecular flexibility index (Phi) is 15.6. The number of hydrogen-bond acceptors (Lipinski definition) is 11. The normalized spacial score (nSPS) is 11.8. The first-order valence-electron chi connectivity index (χ1n) is 22.7. The van der Waals surface area contributed by atoms with Gasteiger partial charge in [-0.25, -0.2) is 19.3 Å². The van der Waals surface area contributed by atoms with Crippen LogP contribution in [0.25, 0.3) is 22.2 Å². The molecule has 0 aliphatic rings. The molecular formula is C55H51Cl2F4N7O4. The van der Waals surface area contributed by atoms with Crippen molar-refractivity contribution in [1.29, 1.82) is 0 Å². The van der Waals surface area contributed by atoms with Gasteiger partial charge in [0.05, 0.1) is 56.3 Å². The lowest BCUT2D eigenvalue weighted by Crippen LogP contribution is -2.29. The number of fused-ring (bicyclic) bond motifs is 1. The molecule has 72 heavy (non-hydrogen) atoms. The highest BCUT2D eigenvalue weighted by molar-refractivity contribution is 6.34. The van der Waals surface area contributed by atoms with Crippen LogP contribution in [0.1, 0.15) is 51.9 Å². The van der Waals surface area contributed by atoms with E-state index in [0.29, 0.717) is 30.4 Å². The van der Waals surface area contributed by atoms with Gasteiger partial charge in [0.1, 0.15) is 46.0 Å². The number of pyridine rings is 2. The van der Waals surface area contributed by atoms with Crippen LogP contribution in [0.15, 0.2) is 128 Å². The summed E-state index contributed by atoms with van der Waals surface area (Å²) in [6, 6.07) is 36.1. The van der Waals surface area contributed by atoms with E-state index in [1.54, 1.807) is 70.8 Å². The lowest BCUT2D eigenvalue weighted by Gasteiger charge is -2.32. The summed E-state index contributed by atoms with van der Waals surface area (Å²) in [5.74, 6) is 2.55. The van der Waals surface area contributed by atoms with Gasteiger partial charge in [0.2, 0.25) is 5.28 Å². The van der Waals surface area contributed by atoms with Crippen molar-refractivity contribution in [3.8, 4) is 34.3 Å². The van der Waals surface area contributed by atoms with Crippen LogP contribution in [-0.4, -0.2) is 55.4 Å². The van der Waals surface area contributed by atoms with Gasteiger partial charge in [-0.15, -0.1) is 0 Å². The standard InChI is InChI=1S/C55H51Cl2F4N7O4/c1-33-27-46(67(29-35-10-18-39(69-4)19-11-35)30-36-12-20-40(70-5)21-13-36)63-51(48(33)55(59,60)61)47-45(56)28-44-50(49(47)58)64-54(57)65-53(44)66(3)34(2)43-9-8-26-62-52(43)68(31-37-14-22-41(71-6)23-15-37)32-38-16-24-42(72-7)25-17-38/h8-28,34H,29-32H2,1-7H3. The van der Waals surface area contributed by atoms with Crippen LogP contribution in [0.4, 0.5) is 35.0 Å². The number of hydrogen-bond donors (Lipinski definition) is 0. The summed E-state index contributed by atoms with van der Waals surface area (Å²) in [5, 5.41) is -0.567. The maximum absolute atomic E-state index is 17.6. The van der Waals surface area contributed by atoms with Crippen molar-refractivity contribution in [1.82, 2.24) is 19.9 Å². The first-order valence-corrected chi connectivity index (χ1v) is 23.5. The molecule has 0 bridgehead atoms. The van der Waals surface area contributed by atoms with Crippen LogP contribution in [0.2, 0.25) is 10.3 Å². The fourth-order valence-electron chi connectivity index (χ4n) is 8.62. The van der Waals surface area contributed by atoms with Gasteiger partial charge in [-0.3, -0.25) is 0 Å². The summed E-state index contributed by atoms with van der Waals surface area (Å²) >= 11 is 13.6. The third kappa shape index (κ3) is 11.2. The van der Waals surface area contributed by atoms with E-state index in [4.69, 9.17) is 47.1 Å². The molecule has 1 atom stereocenters. The molecule has 0 spiro atoms. The fourth-order valence-corrected chi connectivity index (χ4v) is 9.06. The van der Waals surface area contributed by atoms with Crippen molar-refractivity contribution in [3.05, 3.63) is 183 Å². The third-order valence-electron chi connectivity index (χ3n) is 12.5. The highest BCUT2D eigenvalue weighted by Gasteiger charge is 2.39. The van der Waals surface area contributed by atoms with Crippen molar-refractivity contribution in [3.63, 3.8) is 0 Å². The molecule has 3 aromatic heterocycles. The molecule has 8 rings (SSSR count). The maximum atomic E-state index is 17.6. The Bertz CT molecular complexity index is 3070. The minimum absolute atomic E-state index is 0.112. The topological polar surface area (TPSA) is 98.2 Å². The highest BCUT2D eigenvalue weighted by atomic mass is 35.5. The van der Waals surface area contributed by atoms with Gasteiger partial charge < -0.3 is 33.6 Å². The largest absolute Gasteiger partial charge is 0.497 e. The Balaban J connectivity index is 1.21. The molecule has 3 heterocycles. The number of ether oxygens (including phenoxy) is 4. The number of aryl methyl sites for hydroxylation is 1. The second-order valence-electron chi connectivity index (χ2n) is 17.1.